The fourth-order valence-corrected chi connectivity index (χ4v) is 2.61. The molecular formula is C14H21FN2O2. The van der Waals surface area contributed by atoms with Crippen molar-refractivity contribution in [1.29, 1.82) is 0 Å². The molecule has 4 nitrogen and oxygen atoms in total. The van der Waals surface area contributed by atoms with Gasteiger partial charge in [-0.25, -0.2) is 4.39 Å². The highest BCUT2D eigenvalue weighted by atomic mass is 19.1. The average molecular weight is 268 g/mol. The van der Waals surface area contributed by atoms with Crippen LogP contribution < -0.4 is 5.32 Å². The number of rotatable bonds is 5. The molecule has 0 aromatic heterocycles. The number of benzene rings is 1. The van der Waals surface area contributed by atoms with Crippen LogP contribution in [0.1, 0.15) is 24.4 Å². The molecule has 1 aliphatic rings. The SMILES string of the molecule is OCCC[C@H](c1cc(F)ccc1O)N1CCNCC1. The van der Waals surface area contributed by atoms with Gasteiger partial charge in [0.15, 0.2) is 0 Å². The molecule has 1 atom stereocenters. The zero-order chi connectivity index (χ0) is 13.7. The normalized spacial score (nSPS) is 18.4. The number of aromatic hydroxyl groups is 1. The largest absolute Gasteiger partial charge is 0.508 e. The highest BCUT2D eigenvalue weighted by molar-refractivity contribution is 5.35. The predicted molar refractivity (Wildman–Crippen MR) is 71.6 cm³/mol. The molecule has 0 radical (unpaired) electrons. The van der Waals surface area contributed by atoms with Gasteiger partial charge in [0, 0.05) is 44.4 Å². The maximum absolute atomic E-state index is 13.4. The molecule has 0 unspecified atom stereocenters. The van der Waals surface area contributed by atoms with Gasteiger partial charge in [-0.1, -0.05) is 0 Å². The van der Waals surface area contributed by atoms with Crippen LogP contribution in [0.5, 0.6) is 5.75 Å². The summed E-state index contributed by atoms with van der Waals surface area (Å²) in [4.78, 5) is 2.24. The summed E-state index contributed by atoms with van der Waals surface area (Å²) in [6.07, 6.45) is 1.36. The first kappa shape index (κ1) is 14.2. The summed E-state index contributed by atoms with van der Waals surface area (Å²) >= 11 is 0. The molecule has 1 fully saturated rings. The molecule has 1 aliphatic heterocycles. The fraction of sp³-hybridized carbons (Fsp3) is 0.571. The van der Waals surface area contributed by atoms with E-state index in [1.54, 1.807) is 0 Å². The van der Waals surface area contributed by atoms with Crippen molar-refractivity contribution in [3.63, 3.8) is 0 Å². The fourth-order valence-electron chi connectivity index (χ4n) is 2.61. The van der Waals surface area contributed by atoms with E-state index in [9.17, 15) is 9.50 Å². The number of phenolic OH excluding ortho intramolecular Hbond substituents is 1. The van der Waals surface area contributed by atoms with Crippen LogP contribution in [0.25, 0.3) is 0 Å². The number of halogens is 1. The molecule has 2 rings (SSSR count). The van der Waals surface area contributed by atoms with Crippen LogP contribution >= 0.6 is 0 Å². The molecule has 106 valence electrons. The van der Waals surface area contributed by atoms with Crippen molar-refractivity contribution < 1.29 is 14.6 Å². The van der Waals surface area contributed by atoms with Gasteiger partial charge in [0.2, 0.25) is 0 Å². The number of phenols is 1. The Kier molecular flexibility index (Phi) is 5.13. The molecule has 0 amide bonds. The summed E-state index contributed by atoms with van der Waals surface area (Å²) in [5, 5.41) is 22.3. The first-order valence-corrected chi connectivity index (χ1v) is 6.76. The van der Waals surface area contributed by atoms with E-state index < -0.39 is 0 Å². The minimum atomic E-state index is -0.336. The monoisotopic (exact) mass is 268 g/mol. The molecule has 1 aromatic rings. The van der Waals surface area contributed by atoms with Crippen molar-refractivity contribution in [3.8, 4) is 5.75 Å². The van der Waals surface area contributed by atoms with Crippen LogP contribution in [0, 0.1) is 5.82 Å². The van der Waals surface area contributed by atoms with E-state index in [-0.39, 0.29) is 24.2 Å². The van der Waals surface area contributed by atoms with E-state index in [1.807, 2.05) is 0 Å². The molecule has 0 aliphatic carbocycles. The summed E-state index contributed by atoms with van der Waals surface area (Å²) in [5.41, 5.74) is 0.621. The van der Waals surface area contributed by atoms with Crippen LogP contribution in [-0.4, -0.2) is 47.9 Å². The van der Waals surface area contributed by atoms with Gasteiger partial charge in [0.05, 0.1) is 0 Å². The lowest BCUT2D eigenvalue weighted by atomic mass is 9.98. The van der Waals surface area contributed by atoms with Gasteiger partial charge >= 0.3 is 0 Å². The average Bonchev–Trinajstić information content (AvgIpc) is 2.44. The molecule has 19 heavy (non-hydrogen) atoms. The lowest BCUT2D eigenvalue weighted by molar-refractivity contribution is 0.152. The Balaban J connectivity index is 2.22. The zero-order valence-electron chi connectivity index (χ0n) is 11.0. The Morgan fingerprint density at radius 1 is 1.32 bits per heavy atom. The highest BCUT2D eigenvalue weighted by Crippen LogP contribution is 2.32. The lowest BCUT2D eigenvalue weighted by Gasteiger charge is -2.35. The van der Waals surface area contributed by atoms with E-state index in [4.69, 9.17) is 5.11 Å². The summed E-state index contributed by atoms with van der Waals surface area (Å²) in [6.45, 7) is 3.63. The Morgan fingerprint density at radius 2 is 2.05 bits per heavy atom. The third-order valence-electron chi connectivity index (χ3n) is 3.58. The van der Waals surface area contributed by atoms with E-state index in [0.29, 0.717) is 18.4 Å². The van der Waals surface area contributed by atoms with Crippen LogP contribution in [-0.2, 0) is 0 Å². The second-order valence-electron chi connectivity index (χ2n) is 4.87. The number of nitrogens with zero attached hydrogens (tertiary/aromatic N) is 1. The Bertz CT molecular complexity index is 408. The van der Waals surface area contributed by atoms with E-state index >= 15 is 0 Å². The molecule has 0 saturated carbocycles. The van der Waals surface area contributed by atoms with Crippen LogP contribution in [0.15, 0.2) is 18.2 Å². The van der Waals surface area contributed by atoms with Crippen molar-refractivity contribution in [3.05, 3.63) is 29.6 Å². The van der Waals surface area contributed by atoms with Crippen molar-refractivity contribution in [1.82, 2.24) is 10.2 Å². The van der Waals surface area contributed by atoms with Crippen LogP contribution in [0.2, 0.25) is 0 Å². The van der Waals surface area contributed by atoms with Crippen molar-refractivity contribution >= 4 is 0 Å². The van der Waals surface area contributed by atoms with Gasteiger partial charge in [-0.05, 0) is 31.0 Å². The summed E-state index contributed by atoms with van der Waals surface area (Å²) in [6, 6.07) is 4.03. The molecule has 5 heteroatoms. The van der Waals surface area contributed by atoms with E-state index in [1.165, 1.54) is 18.2 Å². The van der Waals surface area contributed by atoms with Crippen molar-refractivity contribution in [2.45, 2.75) is 18.9 Å². The maximum Gasteiger partial charge on any atom is 0.123 e. The van der Waals surface area contributed by atoms with Crippen LogP contribution in [0.4, 0.5) is 4.39 Å². The summed E-state index contributed by atoms with van der Waals surface area (Å²) in [7, 11) is 0. The number of aliphatic hydroxyl groups excluding tert-OH is 1. The third-order valence-corrected chi connectivity index (χ3v) is 3.58. The van der Waals surface area contributed by atoms with Gasteiger partial charge in [-0.3, -0.25) is 4.90 Å². The molecule has 1 aromatic carbocycles. The topological polar surface area (TPSA) is 55.7 Å². The van der Waals surface area contributed by atoms with Gasteiger partial charge < -0.3 is 15.5 Å². The molecular weight excluding hydrogens is 247 g/mol. The predicted octanol–water partition coefficient (Wildman–Crippen LogP) is 1.25. The van der Waals surface area contributed by atoms with Gasteiger partial charge in [0.25, 0.3) is 0 Å². The van der Waals surface area contributed by atoms with Gasteiger partial charge in [-0.15, -0.1) is 0 Å². The first-order valence-electron chi connectivity index (χ1n) is 6.76. The number of aliphatic hydroxyl groups is 1. The third kappa shape index (κ3) is 3.65. The number of nitrogens with one attached hydrogen (secondary N) is 1. The van der Waals surface area contributed by atoms with Crippen LogP contribution in [0.3, 0.4) is 0 Å². The highest BCUT2D eigenvalue weighted by Gasteiger charge is 2.24. The van der Waals surface area contributed by atoms with Gasteiger partial charge in [-0.2, -0.15) is 0 Å². The number of hydrogen-bond donors (Lipinski definition) is 3. The quantitative estimate of drug-likeness (QED) is 0.752. The molecule has 1 heterocycles. The standard InChI is InChI=1S/C14H21FN2O2/c15-11-3-4-14(19)12(10-11)13(2-1-9-18)17-7-5-16-6-8-17/h3-4,10,13,16,18-19H,1-2,5-9H2/t13-/m1/s1. The maximum atomic E-state index is 13.4. The minimum absolute atomic E-state index is 0.0371. The second kappa shape index (κ2) is 6.84. The summed E-state index contributed by atoms with van der Waals surface area (Å²) in [5.74, 6) is -0.209. The molecule has 0 spiro atoms. The van der Waals surface area contributed by atoms with E-state index in [2.05, 4.69) is 10.2 Å². The second-order valence-corrected chi connectivity index (χ2v) is 4.87. The van der Waals surface area contributed by atoms with Crippen molar-refractivity contribution in [2.75, 3.05) is 32.8 Å². The number of hydrogen-bond acceptors (Lipinski definition) is 4. The minimum Gasteiger partial charge on any atom is -0.508 e. The molecule has 1 saturated heterocycles. The zero-order valence-corrected chi connectivity index (χ0v) is 11.0. The number of piperazine rings is 1. The van der Waals surface area contributed by atoms with E-state index in [0.717, 1.165) is 26.2 Å². The van der Waals surface area contributed by atoms with Crippen molar-refractivity contribution in [2.24, 2.45) is 0 Å². The Labute approximate surface area is 112 Å². The van der Waals surface area contributed by atoms with Gasteiger partial charge in [0.1, 0.15) is 11.6 Å². The molecule has 3 N–H and O–H groups in total. The lowest BCUT2D eigenvalue weighted by Crippen LogP contribution is -2.45. The first-order chi connectivity index (χ1) is 9.22. The Hall–Kier alpha value is -1.17. The Morgan fingerprint density at radius 3 is 2.74 bits per heavy atom. The smallest absolute Gasteiger partial charge is 0.123 e. The summed E-state index contributed by atoms with van der Waals surface area (Å²) < 4.78 is 13.4. The molecule has 0 bridgehead atoms.